The molecule has 0 atom stereocenters. The van der Waals surface area contributed by atoms with E-state index in [1.165, 1.54) is 0 Å². The van der Waals surface area contributed by atoms with E-state index in [4.69, 9.17) is 9.47 Å². The molecule has 2 aliphatic carbocycles. The van der Waals surface area contributed by atoms with E-state index in [1.54, 1.807) is 11.6 Å². The minimum Gasteiger partial charge on any atom is -0.477 e. The summed E-state index contributed by atoms with van der Waals surface area (Å²) in [4.78, 5) is 12.4. The Labute approximate surface area is 115 Å². The van der Waals surface area contributed by atoms with Crippen molar-refractivity contribution >= 4 is 10.8 Å². The highest BCUT2D eigenvalue weighted by Crippen LogP contribution is 2.65. The molecule has 102 valence electrons. The van der Waals surface area contributed by atoms with Gasteiger partial charge in [-0.2, -0.15) is 0 Å². The Morgan fingerprint density at radius 3 is 2.25 bits per heavy atom. The summed E-state index contributed by atoms with van der Waals surface area (Å²) >= 11 is 0. The van der Waals surface area contributed by atoms with E-state index in [-0.39, 0.29) is 16.8 Å². The molecule has 3 aliphatic rings. The van der Waals surface area contributed by atoms with Gasteiger partial charge in [0.05, 0.1) is 5.39 Å². The lowest BCUT2D eigenvalue weighted by molar-refractivity contribution is -0.0222. The molecule has 2 spiro atoms. The monoisotopic (exact) mass is 269 g/mol. The van der Waals surface area contributed by atoms with Crippen LogP contribution in [0.3, 0.4) is 0 Å². The number of ether oxygens (including phenoxy) is 2. The molecule has 2 fully saturated rings. The molecule has 1 aromatic heterocycles. The molecule has 1 aromatic carbocycles. The van der Waals surface area contributed by atoms with Crippen molar-refractivity contribution in [1.82, 2.24) is 4.57 Å². The van der Waals surface area contributed by atoms with Gasteiger partial charge in [0.15, 0.2) is 11.4 Å². The largest absolute Gasteiger partial charge is 0.477 e. The molecule has 0 amide bonds. The van der Waals surface area contributed by atoms with E-state index >= 15 is 0 Å². The van der Waals surface area contributed by atoms with Crippen LogP contribution >= 0.6 is 0 Å². The second kappa shape index (κ2) is 3.03. The molecule has 0 saturated heterocycles. The van der Waals surface area contributed by atoms with Gasteiger partial charge in [-0.1, -0.05) is 18.2 Å². The van der Waals surface area contributed by atoms with E-state index < -0.39 is 0 Å². The van der Waals surface area contributed by atoms with Crippen molar-refractivity contribution in [2.75, 3.05) is 0 Å². The Hall–Kier alpha value is -1.97. The average Bonchev–Trinajstić information content (AvgIpc) is 3.36. The molecule has 2 heterocycles. The van der Waals surface area contributed by atoms with Gasteiger partial charge >= 0.3 is 0 Å². The zero-order valence-corrected chi connectivity index (χ0v) is 11.3. The molecule has 4 nitrogen and oxygen atoms in total. The highest BCUT2D eigenvalue weighted by Gasteiger charge is 2.72. The fraction of sp³-hybridized carbons (Fsp3) is 0.438. The minimum absolute atomic E-state index is 0.0227. The molecule has 0 bridgehead atoms. The number of hydrogen-bond acceptors (Lipinski definition) is 3. The van der Waals surface area contributed by atoms with Crippen molar-refractivity contribution in [3.63, 3.8) is 0 Å². The van der Waals surface area contributed by atoms with Gasteiger partial charge in [0, 0.05) is 12.4 Å². The second-order valence-corrected chi connectivity index (χ2v) is 6.24. The summed E-state index contributed by atoms with van der Waals surface area (Å²) in [5.41, 5.74) is -0.308. The summed E-state index contributed by atoms with van der Waals surface area (Å²) in [6, 6.07) is 7.61. The SMILES string of the molecule is Cn1c2c(c3ccccc3c1=O)OC1(CC1)C1(CC1)O2. The van der Waals surface area contributed by atoms with Crippen molar-refractivity contribution in [3.8, 4) is 11.6 Å². The predicted octanol–water partition coefficient (Wildman–Crippen LogP) is 2.37. The van der Waals surface area contributed by atoms with Gasteiger partial charge in [0.2, 0.25) is 5.88 Å². The highest BCUT2D eigenvalue weighted by atomic mass is 16.6. The Morgan fingerprint density at radius 2 is 1.60 bits per heavy atom. The molecule has 2 aromatic rings. The van der Waals surface area contributed by atoms with E-state index in [1.807, 2.05) is 24.3 Å². The van der Waals surface area contributed by atoms with E-state index in [0.29, 0.717) is 11.3 Å². The van der Waals surface area contributed by atoms with Crippen LogP contribution in [0.15, 0.2) is 29.1 Å². The maximum absolute atomic E-state index is 12.4. The third-order valence-electron chi connectivity index (χ3n) is 5.03. The predicted molar refractivity (Wildman–Crippen MR) is 74.4 cm³/mol. The summed E-state index contributed by atoms with van der Waals surface area (Å²) in [5, 5.41) is 1.56. The number of nitrogens with zero attached hydrogens (tertiary/aromatic N) is 1. The van der Waals surface area contributed by atoms with E-state index in [2.05, 4.69) is 0 Å². The quantitative estimate of drug-likeness (QED) is 0.737. The first kappa shape index (κ1) is 10.8. The van der Waals surface area contributed by atoms with Gasteiger partial charge in [-0.25, -0.2) is 0 Å². The van der Waals surface area contributed by atoms with E-state index in [9.17, 15) is 4.79 Å². The van der Waals surface area contributed by atoms with Crippen LogP contribution in [0.5, 0.6) is 11.6 Å². The van der Waals surface area contributed by atoms with Crippen LogP contribution in [0.2, 0.25) is 0 Å². The van der Waals surface area contributed by atoms with Gasteiger partial charge in [-0.3, -0.25) is 9.36 Å². The van der Waals surface area contributed by atoms with Crippen LogP contribution in [0, 0.1) is 0 Å². The summed E-state index contributed by atoms with van der Waals surface area (Å²) in [6.45, 7) is 0. The number of hydrogen-bond donors (Lipinski definition) is 0. The van der Waals surface area contributed by atoms with Crippen molar-refractivity contribution in [3.05, 3.63) is 34.6 Å². The summed E-state index contributed by atoms with van der Waals surface area (Å²) in [7, 11) is 1.76. The van der Waals surface area contributed by atoms with Gasteiger partial charge < -0.3 is 9.47 Å². The Morgan fingerprint density at radius 1 is 1.00 bits per heavy atom. The molecule has 2 saturated carbocycles. The molecule has 1 aliphatic heterocycles. The highest BCUT2D eigenvalue weighted by molar-refractivity contribution is 5.89. The summed E-state index contributed by atoms with van der Waals surface area (Å²) in [6.07, 6.45) is 4.19. The Bertz CT molecular complexity index is 812. The number of rotatable bonds is 0. The molecular weight excluding hydrogens is 254 g/mol. The lowest BCUT2D eigenvalue weighted by atomic mass is 10.1. The zero-order valence-electron chi connectivity index (χ0n) is 11.3. The molecule has 0 N–H and O–H groups in total. The zero-order chi connectivity index (χ0) is 13.5. The number of benzene rings is 1. The van der Waals surface area contributed by atoms with Crippen LogP contribution in [-0.2, 0) is 7.05 Å². The maximum atomic E-state index is 12.4. The van der Waals surface area contributed by atoms with Crippen LogP contribution in [0.25, 0.3) is 10.8 Å². The van der Waals surface area contributed by atoms with Gasteiger partial charge in [-0.15, -0.1) is 0 Å². The van der Waals surface area contributed by atoms with Crippen LogP contribution in [-0.4, -0.2) is 15.8 Å². The second-order valence-electron chi connectivity index (χ2n) is 6.24. The first-order valence-electron chi connectivity index (χ1n) is 7.16. The fourth-order valence-electron chi connectivity index (χ4n) is 3.53. The topological polar surface area (TPSA) is 40.5 Å². The lowest BCUT2D eigenvalue weighted by Gasteiger charge is -2.36. The minimum atomic E-state index is -0.160. The third kappa shape index (κ3) is 1.08. The smallest absolute Gasteiger partial charge is 0.261 e. The molecule has 20 heavy (non-hydrogen) atoms. The van der Waals surface area contributed by atoms with Crippen LogP contribution in [0.1, 0.15) is 25.7 Å². The van der Waals surface area contributed by atoms with Crippen LogP contribution < -0.4 is 15.0 Å². The lowest BCUT2D eigenvalue weighted by Crippen LogP contribution is -2.46. The van der Waals surface area contributed by atoms with Crippen LogP contribution in [0.4, 0.5) is 0 Å². The standard InChI is InChI=1S/C16H15NO3/c1-17-13(18)11-5-3-2-4-10(11)12-14(17)20-16(8-9-16)15(19-12)6-7-15/h2-5H,6-9H2,1H3. The average molecular weight is 269 g/mol. The first-order valence-corrected chi connectivity index (χ1v) is 7.16. The molecule has 4 heteroatoms. The number of fused-ring (bicyclic) bond motifs is 4. The molecule has 0 radical (unpaired) electrons. The van der Waals surface area contributed by atoms with E-state index in [0.717, 1.165) is 36.8 Å². The van der Waals surface area contributed by atoms with Crippen molar-refractivity contribution in [2.45, 2.75) is 36.9 Å². The summed E-state index contributed by atoms with van der Waals surface area (Å²) < 4.78 is 14.2. The third-order valence-corrected chi connectivity index (χ3v) is 5.03. The first-order chi connectivity index (χ1) is 9.66. The molecular formula is C16H15NO3. The van der Waals surface area contributed by atoms with Gasteiger partial charge in [0.1, 0.15) is 5.60 Å². The Balaban J connectivity index is 1.87. The van der Waals surface area contributed by atoms with Gasteiger partial charge in [-0.05, 0) is 31.7 Å². The van der Waals surface area contributed by atoms with Crippen molar-refractivity contribution < 1.29 is 9.47 Å². The van der Waals surface area contributed by atoms with Crippen molar-refractivity contribution in [2.24, 2.45) is 7.05 Å². The normalized spacial score (nSPS) is 23.2. The number of aromatic nitrogens is 1. The summed E-state index contributed by atoms with van der Waals surface area (Å²) in [5.74, 6) is 1.35. The van der Waals surface area contributed by atoms with Crippen molar-refractivity contribution in [1.29, 1.82) is 0 Å². The number of pyridine rings is 1. The maximum Gasteiger partial charge on any atom is 0.261 e. The Kier molecular flexibility index (Phi) is 1.63. The molecule has 5 rings (SSSR count). The fourth-order valence-corrected chi connectivity index (χ4v) is 3.53. The van der Waals surface area contributed by atoms with Gasteiger partial charge in [0.25, 0.3) is 5.56 Å². The molecule has 0 unspecified atom stereocenters.